The van der Waals surface area contributed by atoms with E-state index in [9.17, 15) is 9.59 Å². The van der Waals surface area contributed by atoms with Crippen molar-refractivity contribution in [1.82, 2.24) is 9.44 Å². The molecule has 88 valence electrons. The number of hydrogen-bond acceptors (Lipinski definition) is 7. The van der Waals surface area contributed by atoms with Crippen LogP contribution in [0.3, 0.4) is 0 Å². The number of rotatable bonds is 6. The van der Waals surface area contributed by atoms with Crippen molar-refractivity contribution in [2.45, 2.75) is 13.8 Å². The second-order valence-electron chi connectivity index (χ2n) is 1.86. The van der Waals surface area contributed by atoms with Gasteiger partial charge < -0.3 is 0 Å². The van der Waals surface area contributed by atoms with Crippen molar-refractivity contribution in [3.8, 4) is 0 Å². The minimum absolute atomic E-state index is 0.474. The molecule has 0 atom stereocenters. The highest BCUT2D eigenvalue weighted by molar-refractivity contribution is 8.27. The summed E-state index contributed by atoms with van der Waals surface area (Å²) in [6.45, 7) is 4.53. The lowest BCUT2D eigenvalue weighted by atomic mass is 10.9. The van der Waals surface area contributed by atoms with Gasteiger partial charge in [-0.2, -0.15) is 0 Å². The molecule has 15 heavy (non-hydrogen) atoms. The van der Waals surface area contributed by atoms with Crippen LogP contribution in [0, 0.1) is 0 Å². The molecule has 0 fully saturated rings. The fourth-order valence-electron chi connectivity index (χ4n) is 0.371. The lowest BCUT2D eigenvalue weighted by Gasteiger charge is -2.02. The molecule has 0 heterocycles. The van der Waals surface area contributed by atoms with Crippen LogP contribution in [0.1, 0.15) is 13.8 Å². The van der Waals surface area contributed by atoms with Gasteiger partial charge in [0.05, 0.1) is 13.2 Å². The number of carbonyl (C=O) groups excluding carboxylic acids is 2. The van der Waals surface area contributed by atoms with Gasteiger partial charge in [0.15, 0.2) is 0 Å². The van der Waals surface area contributed by atoms with Crippen LogP contribution in [-0.4, -0.2) is 23.7 Å². The van der Waals surface area contributed by atoms with Crippen molar-refractivity contribution in [2.75, 3.05) is 13.2 Å². The number of hydrogen-bond donors (Lipinski definition) is 2. The molecule has 0 unspecified atom stereocenters. The Balaban J connectivity index is 3.45. The number of carbonyl (C=O) groups is 2. The van der Waals surface area contributed by atoms with Crippen LogP contribution < -0.4 is 9.44 Å². The first-order valence-electron chi connectivity index (χ1n) is 4.05. The summed E-state index contributed by atoms with van der Waals surface area (Å²) in [7, 11) is 0. The highest BCUT2D eigenvalue weighted by Crippen LogP contribution is 2.09. The Morgan fingerprint density at radius 3 is 1.73 bits per heavy atom. The van der Waals surface area contributed by atoms with Crippen LogP contribution in [0.4, 0.5) is 9.59 Å². The van der Waals surface area contributed by atoms with Gasteiger partial charge in [0, 0.05) is 11.8 Å². The van der Waals surface area contributed by atoms with Gasteiger partial charge >= 0.3 is 0 Å². The van der Waals surface area contributed by atoms with E-state index in [0.29, 0.717) is 25.0 Å². The van der Waals surface area contributed by atoms with Gasteiger partial charge in [0.2, 0.25) is 0 Å². The van der Waals surface area contributed by atoms with E-state index in [1.165, 1.54) is 0 Å². The molecule has 0 saturated heterocycles. The largest absolute Gasteiger partial charge is 0.300 e. The predicted molar refractivity (Wildman–Crippen MR) is 63.1 cm³/mol. The summed E-state index contributed by atoms with van der Waals surface area (Å²) < 4.78 is 14.2. The quantitative estimate of drug-likeness (QED) is 0.436. The zero-order valence-electron chi connectivity index (χ0n) is 8.27. The molecule has 0 aromatic carbocycles. The molecule has 0 aromatic rings. The molecule has 0 radical (unpaired) electrons. The third kappa shape index (κ3) is 10.2. The smallest absolute Gasteiger partial charge is 0.297 e. The van der Waals surface area contributed by atoms with Crippen LogP contribution in [0.2, 0.25) is 0 Å². The summed E-state index contributed by atoms with van der Waals surface area (Å²) in [4.78, 5) is 22.0. The summed E-state index contributed by atoms with van der Waals surface area (Å²) in [5, 5.41) is -0.994. The first kappa shape index (κ1) is 14.9. The normalized spacial score (nSPS) is 9.73. The molecule has 0 rings (SSSR count). The van der Waals surface area contributed by atoms with Crippen molar-refractivity contribution < 1.29 is 18.0 Å². The van der Waals surface area contributed by atoms with Crippen LogP contribution >= 0.6 is 36.2 Å². The Bertz CT molecular complexity index is 185. The Labute approximate surface area is 101 Å². The van der Waals surface area contributed by atoms with E-state index < -0.39 is 10.5 Å². The Kier molecular flexibility index (Phi) is 10.4. The Hall–Kier alpha value is -0.0900. The van der Waals surface area contributed by atoms with Crippen LogP contribution in [0.5, 0.6) is 0 Å². The van der Waals surface area contributed by atoms with E-state index in [4.69, 9.17) is 8.37 Å². The summed E-state index contributed by atoms with van der Waals surface area (Å²) in [6, 6.07) is 0. The third-order valence-electron chi connectivity index (χ3n) is 0.789. The molecule has 0 saturated carbocycles. The molecule has 0 aliphatic heterocycles. The zero-order valence-corrected chi connectivity index (χ0v) is 10.7. The van der Waals surface area contributed by atoms with Crippen LogP contribution in [-0.2, 0) is 8.37 Å². The van der Waals surface area contributed by atoms with Crippen molar-refractivity contribution in [3.05, 3.63) is 0 Å². The average molecular weight is 272 g/mol. The van der Waals surface area contributed by atoms with E-state index in [2.05, 4.69) is 9.44 Å². The minimum atomic E-state index is -0.497. The van der Waals surface area contributed by atoms with Crippen molar-refractivity contribution >= 4 is 46.7 Å². The summed E-state index contributed by atoms with van der Waals surface area (Å²) in [5.74, 6) is 0. The molecule has 0 aromatic heterocycles. The lowest BCUT2D eigenvalue weighted by molar-refractivity contribution is 0.261. The molecule has 9 heteroatoms. The van der Waals surface area contributed by atoms with Crippen molar-refractivity contribution in [2.24, 2.45) is 0 Å². The second kappa shape index (κ2) is 10.4. The summed E-state index contributed by atoms with van der Waals surface area (Å²) in [6.07, 6.45) is 0. The highest BCUT2D eigenvalue weighted by Gasteiger charge is 2.10. The third-order valence-corrected chi connectivity index (χ3v) is 2.87. The standard InChI is InChI=1S/C6H12N2O4S3/c1-3-11-14-7-5(9)13-6(10)8-15-12-4-2/h3-4H2,1-2H3,(H,7,9)(H,8,10). The molecule has 0 aliphatic rings. The predicted octanol–water partition coefficient (Wildman–Crippen LogP) is 2.34. The van der Waals surface area contributed by atoms with Crippen LogP contribution in [0.25, 0.3) is 0 Å². The van der Waals surface area contributed by atoms with Gasteiger partial charge in [-0.15, -0.1) is 0 Å². The summed E-state index contributed by atoms with van der Waals surface area (Å²) >= 11 is 2.09. The van der Waals surface area contributed by atoms with Gasteiger partial charge in [-0.1, -0.05) is 0 Å². The van der Waals surface area contributed by atoms with Crippen molar-refractivity contribution in [1.29, 1.82) is 0 Å². The molecular formula is C6H12N2O4S3. The Morgan fingerprint density at radius 2 is 1.40 bits per heavy atom. The molecule has 6 nitrogen and oxygen atoms in total. The summed E-state index contributed by atoms with van der Waals surface area (Å²) in [5.41, 5.74) is 0. The molecule has 0 bridgehead atoms. The highest BCUT2D eigenvalue weighted by atomic mass is 32.2. The van der Waals surface area contributed by atoms with E-state index in [-0.39, 0.29) is 0 Å². The first-order valence-corrected chi connectivity index (χ1v) is 6.35. The maximum absolute atomic E-state index is 11.0. The fourth-order valence-corrected chi connectivity index (χ4v) is 1.57. The maximum atomic E-state index is 11.0. The minimum Gasteiger partial charge on any atom is -0.297 e. The van der Waals surface area contributed by atoms with E-state index in [1.807, 2.05) is 0 Å². The van der Waals surface area contributed by atoms with E-state index >= 15 is 0 Å². The first-order chi connectivity index (χ1) is 7.20. The fraction of sp³-hybridized carbons (Fsp3) is 0.667. The molecule has 2 amide bonds. The van der Waals surface area contributed by atoms with Crippen molar-refractivity contribution in [3.63, 3.8) is 0 Å². The van der Waals surface area contributed by atoms with Gasteiger partial charge in [-0.3, -0.25) is 27.4 Å². The number of nitrogens with one attached hydrogen (secondary N) is 2. The van der Waals surface area contributed by atoms with Gasteiger partial charge in [-0.05, 0) is 13.8 Å². The molecule has 0 spiro atoms. The van der Waals surface area contributed by atoms with Crippen LogP contribution in [0.15, 0.2) is 0 Å². The SMILES string of the molecule is CCOSNC(=O)SC(=O)NSOCC. The second-order valence-corrected chi connectivity index (χ2v) is 4.02. The van der Waals surface area contributed by atoms with Gasteiger partial charge in [0.1, 0.15) is 24.5 Å². The molecule has 0 aliphatic carbocycles. The zero-order chi connectivity index (χ0) is 11.5. The molecular weight excluding hydrogens is 260 g/mol. The van der Waals surface area contributed by atoms with Gasteiger partial charge in [-0.25, -0.2) is 0 Å². The number of amides is 2. The van der Waals surface area contributed by atoms with E-state index in [1.54, 1.807) is 13.8 Å². The maximum Gasteiger partial charge on any atom is 0.300 e. The topological polar surface area (TPSA) is 76.7 Å². The lowest BCUT2D eigenvalue weighted by Crippen LogP contribution is -2.17. The monoisotopic (exact) mass is 272 g/mol. The van der Waals surface area contributed by atoms with Gasteiger partial charge in [0.25, 0.3) is 10.5 Å². The number of thioether (sulfide) groups is 1. The average Bonchev–Trinajstić information content (AvgIpc) is 2.18. The molecule has 2 N–H and O–H groups in total. The Morgan fingerprint density at radius 1 is 1.00 bits per heavy atom. The van der Waals surface area contributed by atoms with E-state index in [0.717, 1.165) is 24.5 Å².